The van der Waals surface area contributed by atoms with Crippen LogP contribution in [0.15, 0.2) is 0 Å². The van der Waals surface area contributed by atoms with E-state index in [2.05, 4.69) is 47.0 Å². The van der Waals surface area contributed by atoms with E-state index in [9.17, 15) is 14.2 Å². The molecule has 1 atom stereocenters. The van der Waals surface area contributed by atoms with Gasteiger partial charge in [-0.05, 0) is 41.9 Å². The predicted molar refractivity (Wildman–Crippen MR) is 104 cm³/mol. The molecule has 0 aromatic heterocycles. The van der Waals surface area contributed by atoms with Crippen molar-refractivity contribution in [2.75, 3.05) is 13.2 Å². The van der Waals surface area contributed by atoms with Gasteiger partial charge in [-0.2, -0.15) is 0 Å². The maximum atomic E-state index is 11.9. The normalized spacial score (nSPS) is 10.6. The molecule has 8 nitrogen and oxygen atoms in total. The molecule has 0 unspecified atom stereocenters. The second-order valence-electron chi connectivity index (χ2n) is 5.56. The Morgan fingerprint density at radius 1 is 1.00 bits per heavy atom. The van der Waals surface area contributed by atoms with Gasteiger partial charge in [-0.25, -0.2) is 9.36 Å². The monoisotopic (exact) mass is 422 g/mol. The van der Waals surface area contributed by atoms with Gasteiger partial charge in [0.1, 0.15) is 6.61 Å². The minimum Gasteiger partial charge on any atom is -0.456 e. The van der Waals surface area contributed by atoms with Crippen LogP contribution >= 0.6 is 7.82 Å². The average molecular weight is 422 g/mol. The predicted octanol–water partition coefficient (Wildman–Crippen LogP) is 1.55. The zero-order chi connectivity index (χ0) is 22.0. The van der Waals surface area contributed by atoms with Crippen LogP contribution in [-0.2, 0) is 28.2 Å². The number of ether oxygens (including phenoxy) is 2. The summed E-state index contributed by atoms with van der Waals surface area (Å²) in [5.41, 5.74) is 0. The summed E-state index contributed by atoms with van der Waals surface area (Å²) in [6, 6.07) is 0. The van der Waals surface area contributed by atoms with Crippen LogP contribution in [0.25, 0.3) is 0 Å². The third-order valence-corrected chi connectivity index (χ3v) is 3.58. The van der Waals surface area contributed by atoms with E-state index in [1.807, 2.05) is 5.92 Å². The van der Waals surface area contributed by atoms with E-state index in [4.69, 9.17) is 25.7 Å². The molecule has 2 N–H and O–H groups in total. The quantitative estimate of drug-likeness (QED) is 0.160. The van der Waals surface area contributed by atoms with Crippen LogP contribution in [-0.4, -0.2) is 41.0 Å². The van der Waals surface area contributed by atoms with Gasteiger partial charge in [0.05, 0.1) is 6.61 Å². The molecular formula is C20H23O8P. The van der Waals surface area contributed by atoms with Gasteiger partial charge in [-0.3, -0.25) is 9.32 Å². The minimum absolute atomic E-state index is 0.137. The molecule has 9 heteroatoms. The largest absolute Gasteiger partial charge is 0.469 e. The van der Waals surface area contributed by atoms with E-state index in [0.717, 1.165) is 25.7 Å². The van der Waals surface area contributed by atoms with Crippen molar-refractivity contribution in [1.29, 1.82) is 0 Å². The lowest BCUT2D eigenvalue weighted by Crippen LogP contribution is -2.29. The smallest absolute Gasteiger partial charge is 0.456 e. The summed E-state index contributed by atoms with van der Waals surface area (Å²) in [5.74, 6) is 13.8. The molecule has 0 aliphatic rings. The molecule has 29 heavy (non-hydrogen) atoms. The highest BCUT2D eigenvalue weighted by atomic mass is 31.2. The summed E-state index contributed by atoms with van der Waals surface area (Å²) >= 11 is 0. The van der Waals surface area contributed by atoms with Crippen molar-refractivity contribution in [2.45, 2.75) is 51.6 Å². The second-order valence-corrected chi connectivity index (χ2v) is 6.79. The van der Waals surface area contributed by atoms with Crippen LogP contribution in [0.5, 0.6) is 0 Å². The highest BCUT2D eigenvalue weighted by Crippen LogP contribution is 2.35. The number of rotatable bonds is 12. The molecule has 0 aliphatic carbocycles. The van der Waals surface area contributed by atoms with E-state index in [-0.39, 0.29) is 6.42 Å². The first-order valence-corrected chi connectivity index (χ1v) is 10.3. The highest BCUT2D eigenvalue weighted by molar-refractivity contribution is 7.46. The van der Waals surface area contributed by atoms with Crippen LogP contribution in [0.4, 0.5) is 0 Å². The molecule has 0 fully saturated rings. The number of carbonyl (C=O) groups excluding carboxylic acids is 2. The van der Waals surface area contributed by atoms with E-state index < -0.39 is 39.1 Å². The fraction of sp³-hybridized carbons (Fsp3) is 0.500. The van der Waals surface area contributed by atoms with Crippen molar-refractivity contribution in [1.82, 2.24) is 0 Å². The molecule has 0 rings (SSSR count). The minimum atomic E-state index is -4.78. The van der Waals surface area contributed by atoms with Gasteiger partial charge in [0, 0.05) is 12.3 Å². The summed E-state index contributed by atoms with van der Waals surface area (Å²) < 4.78 is 25.0. The van der Waals surface area contributed by atoms with Gasteiger partial charge < -0.3 is 19.3 Å². The molecular weight excluding hydrogens is 399 g/mol. The Bertz CT molecular complexity index is 801. The number of hydrogen-bond donors (Lipinski definition) is 2. The fourth-order valence-corrected chi connectivity index (χ4v) is 2.19. The summed E-state index contributed by atoms with van der Waals surface area (Å²) in [5, 5.41) is 0. The van der Waals surface area contributed by atoms with Crippen LogP contribution in [0.3, 0.4) is 0 Å². The topological polar surface area (TPSA) is 119 Å². The summed E-state index contributed by atoms with van der Waals surface area (Å²) in [6.07, 6.45) is 8.48. The molecule has 0 saturated carbocycles. The zero-order valence-electron chi connectivity index (χ0n) is 16.1. The Balaban J connectivity index is 4.59. The molecule has 0 radical (unpaired) electrons. The number of esters is 2. The SMILES string of the molecule is C#CC#CC#CC#CC(=O)OC[C@@H](COP(=O)(O)O)OC(=O)CCCCCCC. The Hall–Kier alpha value is -2.71. The average Bonchev–Trinajstić information content (AvgIpc) is 2.65. The van der Waals surface area contributed by atoms with Crippen molar-refractivity contribution in [3.63, 3.8) is 0 Å². The molecule has 0 bridgehead atoms. The molecule has 0 saturated heterocycles. The highest BCUT2D eigenvalue weighted by Gasteiger charge is 2.22. The number of terminal acetylenes is 1. The van der Waals surface area contributed by atoms with Gasteiger partial charge in [-0.1, -0.05) is 32.6 Å². The van der Waals surface area contributed by atoms with Gasteiger partial charge in [0.25, 0.3) is 0 Å². The van der Waals surface area contributed by atoms with Gasteiger partial charge in [0.2, 0.25) is 0 Å². The van der Waals surface area contributed by atoms with Crippen LogP contribution in [0.1, 0.15) is 45.4 Å². The number of phosphoric ester groups is 1. The zero-order valence-corrected chi connectivity index (χ0v) is 17.0. The van der Waals surface area contributed by atoms with Crippen LogP contribution in [0, 0.1) is 47.9 Å². The fourth-order valence-electron chi connectivity index (χ4n) is 1.83. The molecule has 156 valence electrons. The number of hydrogen-bond acceptors (Lipinski definition) is 6. The molecule has 0 aromatic carbocycles. The first kappa shape index (κ1) is 26.3. The van der Waals surface area contributed by atoms with Crippen molar-refractivity contribution in [3.05, 3.63) is 0 Å². The Morgan fingerprint density at radius 3 is 2.31 bits per heavy atom. The maximum absolute atomic E-state index is 11.9. The summed E-state index contributed by atoms with van der Waals surface area (Å²) in [7, 11) is -4.78. The summed E-state index contributed by atoms with van der Waals surface area (Å²) in [4.78, 5) is 41.0. The van der Waals surface area contributed by atoms with Crippen molar-refractivity contribution in [2.24, 2.45) is 0 Å². The van der Waals surface area contributed by atoms with Crippen molar-refractivity contribution in [3.8, 4) is 47.9 Å². The Morgan fingerprint density at radius 2 is 1.66 bits per heavy atom. The van der Waals surface area contributed by atoms with Crippen LogP contribution in [0.2, 0.25) is 0 Å². The molecule has 0 spiro atoms. The lowest BCUT2D eigenvalue weighted by molar-refractivity contribution is -0.158. The third-order valence-electron chi connectivity index (χ3n) is 3.10. The second kappa shape index (κ2) is 16.3. The molecule has 0 aromatic rings. The van der Waals surface area contributed by atoms with Crippen LogP contribution < -0.4 is 0 Å². The van der Waals surface area contributed by atoms with Crippen molar-refractivity contribution >= 4 is 19.8 Å². The number of unbranched alkanes of at least 4 members (excludes halogenated alkanes) is 4. The van der Waals surface area contributed by atoms with E-state index in [0.29, 0.717) is 6.42 Å². The molecule has 0 amide bonds. The van der Waals surface area contributed by atoms with E-state index >= 15 is 0 Å². The first-order chi connectivity index (χ1) is 13.8. The molecule has 0 aliphatic heterocycles. The Labute approximate surface area is 170 Å². The van der Waals surface area contributed by atoms with Gasteiger partial charge in [0.15, 0.2) is 6.10 Å². The maximum Gasteiger partial charge on any atom is 0.469 e. The van der Waals surface area contributed by atoms with E-state index in [1.165, 1.54) is 0 Å². The van der Waals surface area contributed by atoms with Gasteiger partial charge in [-0.15, -0.1) is 6.42 Å². The number of carbonyl (C=O) groups is 2. The molecule has 0 heterocycles. The first-order valence-electron chi connectivity index (χ1n) is 8.81. The Kier molecular flexibility index (Phi) is 14.7. The van der Waals surface area contributed by atoms with Gasteiger partial charge >= 0.3 is 19.8 Å². The number of phosphoric acid groups is 1. The standard InChI is InChI=1S/C20H23O8P/c1-3-5-7-9-11-12-14-19(21)26-16-18(17-27-29(23,24)25)28-20(22)15-13-10-8-6-4-2/h1,18H,4,6,8,10,13,15-17H2,2H3,(H2,23,24,25)/t18-/m0/s1. The lowest BCUT2D eigenvalue weighted by atomic mass is 10.1. The van der Waals surface area contributed by atoms with Crippen molar-refractivity contribution < 1.29 is 37.9 Å². The summed E-state index contributed by atoms with van der Waals surface area (Å²) in [6.45, 7) is 0.944. The lowest BCUT2D eigenvalue weighted by Gasteiger charge is -2.17. The van der Waals surface area contributed by atoms with E-state index in [1.54, 1.807) is 0 Å². The third kappa shape index (κ3) is 18.4.